The average molecular weight is 328 g/mol. The molecule has 1 heterocycles. The number of aryl methyl sites for hydroxylation is 1. The van der Waals surface area contributed by atoms with Gasteiger partial charge in [0.05, 0.1) is 6.10 Å². The van der Waals surface area contributed by atoms with Gasteiger partial charge in [-0.1, -0.05) is 22.0 Å². The number of carbonyl (C=O) groups excluding carboxylic acids is 1. The molecule has 1 aliphatic rings. The van der Waals surface area contributed by atoms with Crippen molar-refractivity contribution < 1.29 is 14.6 Å². The molecule has 104 valence electrons. The van der Waals surface area contributed by atoms with Gasteiger partial charge in [0.1, 0.15) is 5.60 Å². The lowest BCUT2D eigenvalue weighted by Gasteiger charge is -2.26. The molecule has 1 amide bonds. The fourth-order valence-corrected chi connectivity index (χ4v) is 2.45. The van der Waals surface area contributed by atoms with Crippen molar-refractivity contribution in [2.75, 3.05) is 13.2 Å². The number of benzene rings is 1. The lowest BCUT2D eigenvalue weighted by atomic mass is 9.96. The number of amides is 1. The van der Waals surface area contributed by atoms with Crippen LogP contribution in [-0.2, 0) is 4.74 Å². The third-order valence-electron chi connectivity index (χ3n) is 3.65. The summed E-state index contributed by atoms with van der Waals surface area (Å²) in [6.07, 6.45) is 0.295. The van der Waals surface area contributed by atoms with E-state index in [1.54, 1.807) is 12.1 Å². The summed E-state index contributed by atoms with van der Waals surface area (Å²) in [4.78, 5) is 12.0. The van der Waals surface area contributed by atoms with Crippen LogP contribution in [0.1, 0.15) is 29.3 Å². The molecule has 1 saturated heterocycles. The number of hydrogen-bond acceptors (Lipinski definition) is 3. The molecule has 0 saturated carbocycles. The quantitative estimate of drug-likeness (QED) is 0.893. The van der Waals surface area contributed by atoms with Gasteiger partial charge >= 0.3 is 0 Å². The van der Waals surface area contributed by atoms with E-state index in [4.69, 9.17) is 4.74 Å². The van der Waals surface area contributed by atoms with Crippen LogP contribution in [0.4, 0.5) is 0 Å². The van der Waals surface area contributed by atoms with Crippen LogP contribution in [0.2, 0.25) is 0 Å². The zero-order valence-electron chi connectivity index (χ0n) is 11.1. The lowest BCUT2D eigenvalue weighted by Crippen LogP contribution is -2.47. The molecule has 2 N–H and O–H groups in total. The van der Waals surface area contributed by atoms with Gasteiger partial charge in [0.25, 0.3) is 5.91 Å². The summed E-state index contributed by atoms with van der Waals surface area (Å²) in [6, 6.07) is 5.44. The zero-order chi connectivity index (χ0) is 14.0. The van der Waals surface area contributed by atoms with Crippen molar-refractivity contribution in [1.29, 1.82) is 0 Å². The summed E-state index contributed by atoms with van der Waals surface area (Å²) in [5.41, 5.74) is 0.693. The maximum Gasteiger partial charge on any atom is 0.251 e. The summed E-state index contributed by atoms with van der Waals surface area (Å²) < 4.78 is 6.23. The third-order valence-corrected chi connectivity index (χ3v) is 4.50. The maximum absolute atomic E-state index is 12.0. The molecule has 0 bridgehead atoms. The molecule has 1 aromatic carbocycles. The first-order chi connectivity index (χ1) is 8.92. The number of hydrogen-bond donors (Lipinski definition) is 2. The first kappa shape index (κ1) is 14.5. The van der Waals surface area contributed by atoms with Crippen molar-refractivity contribution in [2.45, 2.75) is 32.0 Å². The monoisotopic (exact) mass is 327 g/mol. The van der Waals surface area contributed by atoms with Gasteiger partial charge in [0.15, 0.2) is 0 Å². The number of halogens is 1. The van der Waals surface area contributed by atoms with E-state index in [0.717, 1.165) is 10.0 Å². The minimum absolute atomic E-state index is 0.187. The van der Waals surface area contributed by atoms with Crippen LogP contribution in [0.25, 0.3) is 0 Å². The van der Waals surface area contributed by atoms with Crippen LogP contribution in [0, 0.1) is 6.92 Å². The van der Waals surface area contributed by atoms with E-state index in [-0.39, 0.29) is 18.6 Å². The normalized spacial score (nSPS) is 26.4. The molecular formula is C14H18BrNO3. The number of ether oxygens (including phenoxy) is 1. The Balaban J connectivity index is 1.99. The van der Waals surface area contributed by atoms with Crippen LogP contribution in [-0.4, -0.2) is 35.9 Å². The minimum atomic E-state index is -0.961. The topological polar surface area (TPSA) is 58.6 Å². The molecule has 2 unspecified atom stereocenters. The highest BCUT2D eigenvalue weighted by Crippen LogP contribution is 2.25. The molecule has 5 heteroatoms. The highest BCUT2D eigenvalue weighted by Gasteiger charge is 2.39. The number of aliphatic hydroxyl groups is 1. The molecule has 1 fully saturated rings. The van der Waals surface area contributed by atoms with Gasteiger partial charge in [-0.05, 0) is 31.5 Å². The summed E-state index contributed by atoms with van der Waals surface area (Å²) in [5, 5.41) is 13.1. The fraction of sp³-hybridized carbons (Fsp3) is 0.500. The lowest BCUT2D eigenvalue weighted by molar-refractivity contribution is -0.0251. The van der Waals surface area contributed by atoms with E-state index < -0.39 is 5.60 Å². The van der Waals surface area contributed by atoms with Crippen molar-refractivity contribution in [3.05, 3.63) is 33.8 Å². The first-order valence-electron chi connectivity index (χ1n) is 6.31. The molecule has 4 nitrogen and oxygen atoms in total. The second kappa shape index (κ2) is 5.61. The van der Waals surface area contributed by atoms with Gasteiger partial charge in [-0.2, -0.15) is 0 Å². The molecule has 2 rings (SSSR count). The van der Waals surface area contributed by atoms with Crippen LogP contribution in [0.3, 0.4) is 0 Å². The Bertz CT molecular complexity index is 492. The largest absolute Gasteiger partial charge is 0.385 e. The fourth-order valence-electron chi connectivity index (χ4n) is 2.07. The van der Waals surface area contributed by atoms with Crippen molar-refractivity contribution in [3.8, 4) is 0 Å². The van der Waals surface area contributed by atoms with E-state index in [2.05, 4.69) is 21.2 Å². The highest BCUT2D eigenvalue weighted by molar-refractivity contribution is 9.10. The van der Waals surface area contributed by atoms with Crippen molar-refractivity contribution in [1.82, 2.24) is 5.32 Å². The molecule has 0 spiro atoms. The van der Waals surface area contributed by atoms with Gasteiger partial charge in [-0.3, -0.25) is 4.79 Å². The predicted molar refractivity (Wildman–Crippen MR) is 76.2 cm³/mol. The summed E-state index contributed by atoms with van der Waals surface area (Å²) in [5.74, 6) is -0.187. The third kappa shape index (κ3) is 3.16. The van der Waals surface area contributed by atoms with Crippen LogP contribution in [0.15, 0.2) is 22.7 Å². The molecule has 0 aliphatic carbocycles. The Morgan fingerprint density at radius 1 is 1.63 bits per heavy atom. The predicted octanol–water partition coefficient (Wildman–Crippen LogP) is 2.03. The van der Waals surface area contributed by atoms with Gasteiger partial charge in [-0.15, -0.1) is 0 Å². The smallest absolute Gasteiger partial charge is 0.251 e. The van der Waals surface area contributed by atoms with E-state index in [1.165, 1.54) is 0 Å². The second-order valence-electron chi connectivity index (χ2n) is 5.01. The van der Waals surface area contributed by atoms with Crippen LogP contribution in [0.5, 0.6) is 0 Å². The average Bonchev–Trinajstić information content (AvgIpc) is 2.71. The van der Waals surface area contributed by atoms with Gasteiger partial charge in [0.2, 0.25) is 0 Å². The Morgan fingerprint density at radius 3 is 2.95 bits per heavy atom. The molecule has 1 aliphatic heterocycles. The Kier molecular flexibility index (Phi) is 4.28. The molecular weight excluding hydrogens is 310 g/mol. The highest BCUT2D eigenvalue weighted by atomic mass is 79.9. The standard InChI is InChI=1S/C14H18BrNO3/c1-9-3-4-11(7-12(9)15)13(17)16-8-14(18)5-6-19-10(14)2/h3-4,7,10,18H,5-6,8H2,1-2H3,(H,16,17). The van der Waals surface area contributed by atoms with Crippen molar-refractivity contribution in [3.63, 3.8) is 0 Å². The number of carbonyl (C=O) groups is 1. The Morgan fingerprint density at radius 2 is 2.37 bits per heavy atom. The number of nitrogens with one attached hydrogen (secondary N) is 1. The number of rotatable bonds is 3. The van der Waals surface area contributed by atoms with E-state index in [9.17, 15) is 9.90 Å². The van der Waals surface area contributed by atoms with Crippen LogP contribution < -0.4 is 5.32 Å². The summed E-state index contributed by atoms with van der Waals surface area (Å²) in [7, 11) is 0. The Labute approximate surface area is 121 Å². The Hall–Kier alpha value is -0.910. The van der Waals surface area contributed by atoms with Gasteiger partial charge < -0.3 is 15.2 Å². The van der Waals surface area contributed by atoms with E-state index in [1.807, 2.05) is 19.9 Å². The van der Waals surface area contributed by atoms with E-state index >= 15 is 0 Å². The first-order valence-corrected chi connectivity index (χ1v) is 7.10. The minimum Gasteiger partial charge on any atom is -0.385 e. The van der Waals surface area contributed by atoms with Crippen molar-refractivity contribution in [2.24, 2.45) is 0 Å². The van der Waals surface area contributed by atoms with Crippen molar-refractivity contribution >= 4 is 21.8 Å². The van der Waals surface area contributed by atoms with Crippen LogP contribution >= 0.6 is 15.9 Å². The summed E-state index contributed by atoms with van der Waals surface area (Å²) in [6.45, 7) is 4.52. The molecule has 19 heavy (non-hydrogen) atoms. The molecule has 2 atom stereocenters. The molecule has 1 aromatic rings. The molecule has 0 aromatic heterocycles. The van der Waals surface area contributed by atoms with Gasteiger partial charge in [-0.25, -0.2) is 0 Å². The zero-order valence-corrected chi connectivity index (χ0v) is 12.7. The maximum atomic E-state index is 12.0. The molecule has 0 radical (unpaired) electrons. The second-order valence-corrected chi connectivity index (χ2v) is 5.87. The summed E-state index contributed by atoms with van der Waals surface area (Å²) >= 11 is 3.40. The SMILES string of the molecule is Cc1ccc(C(=O)NCC2(O)CCOC2C)cc1Br. The van der Waals surface area contributed by atoms with E-state index in [0.29, 0.717) is 18.6 Å². The van der Waals surface area contributed by atoms with Gasteiger partial charge in [0, 0.05) is 29.6 Å².